The number of hydrogen-bond donors (Lipinski definition) is 0. The van der Waals surface area contributed by atoms with Crippen LogP contribution in [0, 0.1) is 5.92 Å². The monoisotopic (exact) mass is 423 g/mol. The zero-order valence-electron chi connectivity index (χ0n) is 16.5. The van der Waals surface area contributed by atoms with Gasteiger partial charge in [-0.2, -0.15) is 5.10 Å². The first-order valence-corrected chi connectivity index (χ1v) is 11.5. The topological polar surface area (TPSA) is 89.3 Å². The highest BCUT2D eigenvalue weighted by Crippen LogP contribution is 2.32. The highest BCUT2D eigenvalue weighted by atomic mass is 32.2. The van der Waals surface area contributed by atoms with Crippen molar-refractivity contribution < 1.29 is 18.0 Å². The minimum atomic E-state index is -3.61. The van der Waals surface area contributed by atoms with Crippen LogP contribution in [0.3, 0.4) is 0 Å². The predicted molar refractivity (Wildman–Crippen MR) is 107 cm³/mol. The van der Waals surface area contributed by atoms with E-state index >= 15 is 0 Å². The lowest BCUT2D eigenvalue weighted by atomic mass is 9.91. The molecule has 0 unspecified atom stereocenters. The fourth-order valence-corrected chi connectivity index (χ4v) is 5.86. The minimum absolute atomic E-state index is 0.0409. The number of thiophene rings is 1. The number of carbonyl (C=O) groups excluding carboxylic acids is 2. The van der Waals surface area contributed by atoms with Gasteiger partial charge in [-0.05, 0) is 51.1 Å². The first-order valence-electron chi connectivity index (χ1n) is 9.17. The van der Waals surface area contributed by atoms with E-state index in [9.17, 15) is 18.0 Å². The van der Waals surface area contributed by atoms with E-state index < -0.39 is 14.6 Å². The molecule has 0 aliphatic carbocycles. The number of rotatable bonds is 4. The number of amides is 1. The smallest absolute Gasteiger partial charge is 0.265 e. The van der Waals surface area contributed by atoms with Crippen molar-refractivity contribution in [1.29, 1.82) is 0 Å². The van der Waals surface area contributed by atoms with E-state index in [1.165, 1.54) is 6.07 Å². The fraction of sp³-hybridized carbons (Fsp3) is 0.526. The lowest BCUT2D eigenvalue weighted by Gasteiger charge is -2.31. The molecule has 0 bridgehead atoms. The van der Waals surface area contributed by atoms with Crippen LogP contribution in [-0.4, -0.2) is 52.6 Å². The number of carbonyl (C=O) groups is 2. The second-order valence-electron chi connectivity index (χ2n) is 8.00. The highest BCUT2D eigenvalue weighted by Gasteiger charge is 2.37. The average Bonchev–Trinajstić information content (AvgIpc) is 3.29. The molecule has 9 heteroatoms. The first-order chi connectivity index (χ1) is 13.0. The van der Waals surface area contributed by atoms with E-state index in [-0.39, 0.29) is 27.4 Å². The van der Waals surface area contributed by atoms with Crippen LogP contribution < -0.4 is 0 Å². The molecular weight excluding hydrogens is 398 g/mol. The summed E-state index contributed by atoms with van der Waals surface area (Å²) in [4.78, 5) is 27.6. The lowest BCUT2D eigenvalue weighted by molar-refractivity contribution is 0.0649. The SMILES string of the molecule is Cn1nccc1C(=O)C1CCN(C(=O)c2sccc2S(=O)(=O)C(C)(C)C)CC1. The van der Waals surface area contributed by atoms with Gasteiger partial charge in [0.05, 0.1) is 9.64 Å². The number of ketones is 1. The van der Waals surface area contributed by atoms with Gasteiger partial charge in [0, 0.05) is 32.3 Å². The molecule has 7 nitrogen and oxygen atoms in total. The summed E-state index contributed by atoms with van der Waals surface area (Å²) in [5, 5.41) is 5.68. The highest BCUT2D eigenvalue weighted by molar-refractivity contribution is 7.93. The van der Waals surface area contributed by atoms with Gasteiger partial charge >= 0.3 is 0 Å². The third-order valence-corrected chi connectivity index (χ3v) is 8.71. The summed E-state index contributed by atoms with van der Waals surface area (Å²) in [6, 6.07) is 3.21. The van der Waals surface area contributed by atoms with Gasteiger partial charge in [-0.1, -0.05) is 0 Å². The maximum atomic E-state index is 13.0. The van der Waals surface area contributed by atoms with Crippen LogP contribution in [0.25, 0.3) is 0 Å². The average molecular weight is 424 g/mol. The Labute approximate surface area is 169 Å². The van der Waals surface area contributed by atoms with Crippen LogP contribution in [0.4, 0.5) is 0 Å². The van der Waals surface area contributed by atoms with E-state index in [2.05, 4.69) is 5.10 Å². The molecule has 1 fully saturated rings. The summed E-state index contributed by atoms with van der Waals surface area (Å²) < 4.78 is 26.2. The number of nitrogens with zero attached hydrogens (tertiary/aromatic N) is 3. The van der Waals surface area contributed by atoms with Gasteiger partial charge in [0.2, 0.25) is 0 Å². The number of aryl methyl sites for hydroxylation is 1. The largest absolute Gasteiger partial charge is 0.338 e. The maximum absolute atomic E-state index is 13.0. The van der Waals surface area contributed by atoms with Crippen molar-refractivity contribution >= 4 is 32.9 Å². The van der Waals surface area contributed by atoms with Crippen molar-refractivity contribution in [2.45, 2.75) is 43.3 Å². The Morgan fingerprint density at radius 2 is 1.82 bits per heavy atom. The van der Waals surface area contributed by atoms with Crippen molar-refractivity contribution in [3.8, 4) is 0 Å². The van der Waals surface area contributed by atoms with Crippen molar-refractivity contribution in [3.63, 3.8) is 0 Å². The molecule has 1 aliphatic heterocycles. The summed E-state index contributed by atoms with van der Waals surface area (Å²) in [5.74, 6) is -0.385. The van der Waals surface area contributed by atoms with Crippen molar-refractivity contribution in [2.24, 2.45) is 13.0 Å². The Kier molecular flexibility index (Phi) is 5.51. The van der Waals surface area contributed by atoms with E-state index in [4.69, 9.17) is 0 Å². The van der Waals surface area contributed by atoms with E-state index in [0.29, 0.717) is 31.6 Å². The zero-order valence-corrected chi connectivity index (χ0v) is 18.1. The number of piperidine rings is 1. The van der Waals surface area contributed by atoms with Gasteiger partial charge in [-0.3, -0.25) is 14.3 Å². The Hall–Kier alpha value is -2.00. The molecule has 0 saturated carbocycles. The molecule has 0 atom stereocenters. The van der Waals surface area contributed by atoms with Crippen LogP contribution in [0.2, 0.25) is 0 Å². The standard InChI is InChI=1S/C19H25N3O4S2/c1-19(2,3)28(25,26)15-8-12-27-17(15)18(24)22-10-6-13(7-11-22)16(23)14-5-9-20-21(14)4/h5,8-9,12-13H,6-7,10-11H2,1-4H3. The lowest BCUT2D eigenvalue weighted by Crippen LogP contribution is -2.41. The Morgan fingerprint density at radius 1 is 1.18 bits per heavy atom. The van der Waals surface area contributed by atoms with Gasteiger partial charge in [0.15, 0.2) is 15.6 Å². The van der Waals surface area contributed by atoms with Crippen molar-refractivity contribution in [1.82, 2.24) is 14.7 Å². The normalized spacial score (nSPS) is 16.4. The summed E-state index contributed by atoms with van der Waals surface area (Å²) in [7, 11) is -1.87. The molecule has 1 saturated heterocycles. The third-order valence-electron chi connectivity index (χ3n) is 5.15. The molecule has 3 rings (SSSR count). The van der Waals surface area contributed by atoms with Crippen LogP contribution in [0.1, 0.15) is 53.8 Å². The van der Waals surface area contributed by atoms with Gasteiger partial charge in [-0.15, -0.1) is 11.3 Å². The quantitative estimate of drug-likeness (QED) is 0.706. The summed E-state index contributed by atoms with van der Waals surface area (Å²) in [6.07, 6.45) is 2.71. The number of likely N-dealkylation sites (tertiary alicyclic amines) is 1. The van der Waals surface area contributed by atoms with Crippen molar-refractivity contribution in [3.05, 3.63) is 34.3 Å². The molecule has 1 amide bonds. The molecule has 0 radical (unpaired) electrons. The Morgan fingerprint density at radius 3 is 2.36 bits per heavy atom. The molecule has 28 heavy (non-hydrogen) atoms. The zero-order chi connectivity index (χ0) is 20.7. The Balaban J connectivity index is 1.73. The minimum Gasteiger partial charge on any atom is -0.338 e. The van der Waals surface area contributed by atoms with Crippen LogP contribution in [0.5, 0.6) is 0 Å². The molecule has 0 N–H and O–H groups in total. The van der Waals surface area contributed by atoms with Crippen LogP contribution in [0.15, 0.2) is 28.6 Å². The van der Waals surface area contributed by atoms with E-state index in [1.54, 1.807) is 55.0 Å². The molecular formula is C19H25N3O4S2. The molecule has 0 aromatic carbocycles. The summed E-state index contributed by atoms with van der Waals surface area (Å²) in [5.41, 5.74) is 0.571. The van der Waals surface area contributed by atoms with E-state index in [1.807, 2.05) is 0 Å². The van der Waals surface area contributed by atoms with Gasteiger partial charge in [0.1, 0.15) is 10.6 Å². The maximum Gasteiger partial charge on any atom is 0.265 e. The molecule has 3 heterocycles. The summed E-state index contributed by atoms with van der Waals surface area (Å²) >= 11 is 1.15. The number of hydrogen-bond acceptors (Lipinski definition) is 6. The molecule has 1 aliphatic rings. The van der Waals surface area contributed by atoms with E-state index in [0.717, 1.165) is 11.3 Å². The number of aromatic nitrogens is 2. The third kappa shape index (κ3) is 3.65. The summed E-state index contributed by atoms with van der Waals surface area (Å²) in [6.45, 7) is 5.75. The van der Waals surface area contributed by atoms with Crippen LogP contribution in [-0.2, 0) is 16.9 Å². The Bertz CT molecular complexity index is 991. The molecule has 152 valence electrons. The van der Waals surface area contributed by atoms with Gasteiger partial charge in [-0.25, -0.2) is 8.42 Å². The second kappa shape index (κ2) is 7.44. The predicted octanol–water partition coefficient (Wildman–Crippen LogP) is 2.79. The number of Topliss-reactive ketones (excluding diaryl/α,β-unsaturated/α-hetero) is 1. The molecule has 2 aromatic heterocycles. The van der Waals surface area contributed by atoms with Crippen molar-refractivity contribution in [2.75, 3.05) is 13.1 Å². The number of sulfone groups is 1. The van der Waals surface area contributed by atoms with Gasteiger partial charge in [0.25, 0.3) is 5.91 Å². The molecule has 0 spiro atoms. The second-order valence-corrected chi connectivity index (χ2v) is 11.6. The van der Waals surface area contributed by atoms with Gasteiger partial charge < -0.3 is 4.90 Å². The first kappa shape index (κ1) is 20.7. The molecule has 2 aromatic rings. The van der Waals surface area contributed by atoms with Crippen LogP contribution >= 0.6 is 11.3 Å². The fourth-order valence-electron chi connectivity index (χ4n) is 3.31.